The fourth-order valence-corrected chi connectivity index (χ4v) is 2.42. The van der Waals surface area contributed by atoms with Crippen LogP contribution >= 0.6 is 0 Å². The Kier molecular flexibility index (Phi) is 5.20. The third-order valence-electron chi connectivity index (χ3n) is 3.78. The van der Waals surface area contributed by atoms with E-state index in [1.165, 1.54) is 0 Å². The second-order valence-electron chi connectivity index (χ2n) is 5.53. The fraction of sp³-hybridized carbons (Fsp3) is 0.312. The van der Waals surface area contributed by atoms with Crippen LogP contribution in [0.1, 0.15) is 28.8 Å². The second kappa shape index (κ2) is 7.14. The van der Waals surface area contributed by atoms with E-state index in [0.29, 0.717) is 30.3 Å². The number of anilines is 1. The number of Topliss-reactive ketones (excluding diaryl/α,β-unsaturated/α-hetero) is 1. The number of hydrogen-bond acceptors (Lipinski definition) is 6. The Morgan fingerprint density at radius 3 is 2.71 bits per heavy atom. The van der Waals surface area contributed by atoms with Gasteiger partial charge in [-0.25, -0.2) is 4.79 Å². The van der Waals surface area contributed by atoms with Crippen molar-refractivity contribution in [2.24, 2.45) is 22.2 Å². The molecule has 0 amide bonds. The molecule has 0 aliphatic rings. The van der Waals surface area contributed by atoms with E-state index in [0.717, 1.165) is 0 Å². The van der Waals surface area contributed by atoms with E-state index in [-0.39, 0.29) is 28.6 Å². The first-order chi connectivity index (χ1) is 11.3. The number of nitrogens with two attached hydrogens (primary N) is 4. The molecule has 2 rings (SSSR count). The minimum Gasteiger partial charge on any atom is -0.422 e. The number of nitrogens with zero attached hydrogens (tertiary/aromatic N) is 1. The molecule has 0 saturated heterocycles. The predicted octanol–water partition coefficient (Wildman–Crippen LogP) is 0.247. The van der Waals surface area contributed by atoms with Crippen LogP contribution < -0.4 is 28.6 Å². The first kappa shape index (κ1) is 17.5. The van der Waals surface area contributed by atoms with E-state index < -0.39 is 11.7 Å². The smallest absolute Gasteiger partial charge is 0.341 e. The molecule has 2 aromatic rings. The number of carbonyl (C=O) groups excluding carboxylic acids is 1. The van der Waals surface area contributed by atoms with Crippen LogP contribution in [0.2, 0.25) is 0 Å². The number of ketones is 1. The van der Waals surface area contributed by atoms with E-state index in [1.807, 2.05) is 0 Å². The molecule has 0 spiro atoms. The van der Waals surface area contributed by atoms with Crippen molar-refractivity contribution in [1.82, 2.24) is 0 Å². The highest BCUT2D eigenvalue weighted by Crippen LogP contribution is 2.27. The molecule has 0 aliphatic carbocycles. The van der Waals surface area contributed by atoms with Gasteiger partial charge in [0.2, 0.25) is 0 Å². The summed E-state index contributed by atoms with van der Waals surface area (Å²) < 4.78 is 5.19. The van der Waals surface area contributed by atoms with Gasteiger partial charge < -0.3 is 27.4 Å². The van der Waals surface area contributed by atoms with Gasteiger partial charge in [0.15, 0.2) is 11.7 Å². The Morgan fingerprint density at radius 1 is 1.33 bits per heavy atom. The number of nitrogen functional groups attached to an aromatic ring is 1. The number of hydrogen-bond donors (Lipinski definition) is 4. The van der Waals surface area contributed by atoms with Gasteiger partial charge in [0, 0.05) is 12.1 Å². The highest BCUT2D eigenvalue weighted by molar-refractivity contribution is 6.13. The third kappa shape index (κ3) is 3.54. The molecule has 0 radical (unpaired) electrons. The summed E-state index contributed by atoms with van der Waals surface area (Å²) in [5, 5.41) is 0.416. The van der Waals surface area contributed by atoms with Gasteiger partial charge in [0.05, 0.1) is 22.7 Å². The summed E-state index contributed by atoms with van der Waals surface area (Å²) in [7, 11) is 0. The molecular formula is C16H21N5O3. The molecule has 1 atom stereocenters. The summed E-state index contributed by atoms with van der Waals surface area (Å²) in [4.78, 5) is 28.2. The minimum absolute atomic E-state index is 0.00206. The summed E-state index contributed by atoms with van der Waals surface area (Å²) in [5.41, 5.74) is 23.1. The Hall–Kier alpha value is -2.87. The highest BCUT2D eigenvalue weighted by atomic mass is 16.4. The van der Waals surface area contributed by atoms with E-state index in [4.69, 9.17) is 27.4 Å². The number of rotatable bonds is 6. The maximum atomic E-state index is 12.6. The average molecular weight is 331 g/mol. The van der Waals surface area contributed by atoms with Crippen LogP contribution in [0.4, 0.5) is 5.69 Å². The van der Waals surface area contributed by atoms with Crippen molar-refractivity contribution in [3.8, 4) is 0 Å². The Morgan fingerprint density at radius 2 is 2.04 bits per heavy atom. The molecule has 24 heavy (non-hydrogen) atoms. The molecule has 8 heteroatoms. The lowest BCUT2D eigenvalue weighted by atomic mass is 9.96. The van der Waals surface area contributed by atoms with Gasteiger partial charge >= 0.3 is 5.63 Å². The van der Waals surface area contributed by atoms with Crippen LogP contribution in [-0.4, -0.2) is 24.3 Å². The van der Waals surface area contributed by atoms with Crippen molar-refractivity contribution in [2.45, 2.75) is 25.8 Å². The Balaban J connectivity index is 2.31. The second-order valence-corrected chi connectivity index (χ2v) is 5.53. The maximum absolute atomic E-state index is 12.6. The van der Waals surface area contributed by atoms with Crippen molar-refractivity contribution in [3.05, 3.63) is 39.7 Å². The van der Waals surface area contributed by atoms with Gasteiger partial charge in [0.25, 0.3) is 0 Å². The monoisotopic (exact) mass is 331 g/mol. The van der Waals surface area contributed by atoms with Gasteiger partial charge in [-0.15, -0.1) is 0 Å². The first-order valence-corrected chi connectivity index (χ1v) is 7.50. The van der Waals surface area contributed by atoms with Crippen LogP contribution in [0, 0.1) is 6.92 Å². The van der Waals surface area contributed by atoms with E-state index in [9.17, 15) is 9.59 Å². The molecule has 1 aromatic carbocycles. The summed E-state index contributed by atoms with van der Waals surface area (Å²) >= 11 is 0. The zero-order chi connectivity index (χ0) is 17.9. The summed E-state index contributed by atoms with van der Waals surface area (Å²) in [6.45, 7) is 1.95. The first-order valence-electron chi connectivity index (χ1n) is 7.50. The van der Waals surface area contributed by atoms with Crippen molar-refractivity contribution in [1.29, 1.82) is 0 Å². The summed E-state index contributed by atoms with van der Waals surface area (Å²) in [6.07, 6.45) is 0.987. The van der Waals surface area contributed by atoms with Crippen molar-refractivity contribution in [3.63, 3.8) is 0 Å². The molecule has 0 fully saturated rings. The van der Waals surface area contributed by atoms with Crippen molar-refractivity contribution >= 4 is 28.4 Å². The van der Waals surface area contributed by atoms with Gasteiger partial charge in [0.1, 0.15) is 5.58 Å². The molecule has 1 heterocycles. The SMILES string of the molecule is Cc1c(N)c2c(C(=O)C(N)CCCN=C(N)N)cccc2oc1=O. The standard InChI is InChI=1S/C16H21N5O3/c1-8-13(18)12-9(4-2-6-11(12)24-15(8)23)14(22)10(17)5-3-7-21-16(19)20/h2,4,6,10H,3,5,7,17-18H2,1H3,(H4,19,20,21). The van der Waals surface area contributed by atoms with Crippen LogP contribution in [0.5, 0.6) is 0 Å². The highest BCUT2D eigenvalue weighted by Gasteiger charge is 2.21. The van der Waals surface area contributed by atoms with Crippen molar-refractivity contribution < 1.29 is 9.21 Å². The number of carbonyl (C=O) groups is 1. The molecule has 1 aromatic heterocycles. The summed E-state index contributed by atoms with van der Waals surface area (Å²) in [6, 6.07) is 4.11. The third-order valence-corrected chi connectivity index (χ3v) is 3.78. The molecule has 128 valence electrons. The number of aliphatic imine (C=N–C) groups is 1. The molecule has 8 nitrogen and oxygen atoms in total. The molecule has 1 unspecified atom stereocenters. The van der Waals surface area contributed by atoms with Gasteiger partial charge in [-0.2, -0.15) is 0 Å². The normalized spacial score (nSPS) is 12.1. The summed E-state index contributed by atoms with van der Waals surface area (Å²) in [5.74, 6) is -0.271. The van der Waals surface area contributed by atoms with Crippen LogP contribution in [0.3, 0.4) is 0 Å². The number of fused-ring (bicyclic) bond motifs is 1. The minimum atomic E-state index is -0.726. The number of guanidine groups is 1. The lowest BCUT2D eigenvalue weighted by Crippen LogP contribution is -2.31. The Labute approximate surface area is 138 Å². The molecule has 8 N–H and O–H groups in total. The zero-order valence-electron chi connectivity index (χ0n) is 13.4. The predicted molar refractivity (Wildman–Crippen MR) is 93.9 cm³/mol. The van der Waals surface area contributed by atoms with Gasteiger partial charge in [-0.3, -0.25) is 9.79 Å². The van der Waals surface area contributed by atoms with Crippen LogP contribution in [0.15, 0.2) is 32.4 Å². The topological polar surface area (TPSA) is 164 Å². The lowest BCUT2D eigenvalue weighted by Gasteiger charge is -2.13. The van der Waals surface area contributed by atoms with Gasteiger partial charge in [-0.1, -0.05) is 12.1 Å². The lowest BCUT2D eigenvalue weighted by molar-refractivity contribution is 0.0958. The van der Waals surface area contributed by atoms with E-state index in [1.54, 1.807) is 25.1 Å². The van der Waals surface area contributed by atoms with Gasteiger partial charge in [-0.05, 0) is 25.8 Å². The molecule has 0 bridgehead atoms. The van der Waals surface area contributed by atoms with Crippen molar-refractivity contribution in [2.75, 3.05) is 12.3 Å². The molecular weight excluding hydrogens is 310 g/mol. The largest absolute Gasteiger partial charge is 0.422 e. The quantitative estimate of drug-likeness (QED) is 0.194. The zero-order valence-corrected chi connectivity index (χ0v) is 13.4. The molecule has 0 aliphatic heterocycles. The fourth-order valence-electron chi connectivity index (χ4n) is 2.42. The molecule has 0 saturated carbocycles. The maximum Gasteiger partial charge on any atom is 0.341 e. The van der Waals surface area contributed by atoms with Crippen LogP contribution in [0.25, 0.3) is 11.0 Å². The van der Waals surface area contributed by atoms with Crippen LogP contribution in [-0.2, 0) is 0 Å². The average Bonchev–Trinajstić information content (AvgIpc) is 2.55. The van der Waals surface area contributed by atoms with E-state index in [2.05, 4.69) is 4.99 Å². The number of benzene rings is 1. The Bertz CT molecular complexity index is 853. The van der Waals surface area contributed by atoms with E-state index >= 15 is 0 Å².